The van der Waals surface area contributed by atoms with Gasteiger partial charge < -0.3 is 14.6 Å². The van der Waals surface area contributed by atoms with Crippen molar-refractivity contribution in [3.05, 3.63) is 94.0 Å². The number of aryl methyl sites for hydroxylation is 4. The number of ether oxygens (including phenoxy) is 1. The number of benzene rings is 2. The summed E-state index contributed by atoms with van der Waals surface area (Å²) in [6.07, 6.45) is 1.83. The number of carbonyl (C=O) groups excluding carboxylic acids is 1. The van der Waals surface area contributed by atoms with E-state index in [1.165, 1.54) is 11.1 Å². The maximum atomic E-state index is 12.9. The van der Waals surface area contributed by atoms with E-state index in [1.807, 2.05) is 44.3 Å². The Hall–Kier alpha value is -3.87. The molecule has 4 aromatic rings. The summed E-state index contributed by atoms with van der Waals surface area (Å²) in [5.41, 5.74) is 5.40. The number of amides is 1. The summed E-state index contributed by atoms with van der Waals surface area (Å²) in [6.45, 7) is 8.67. The van der Waals surface area contributed by atoms with Crippen LogP contribution in [0.2, 0.25) is 0 Å². The predicted molar refractivity (Wildman–Crippen MR) is 122 cm³/mol. The van der Waals surface area contributed by atoms with Gasteiger partial charge in [0, 0.05) is 12.3 Å². The average molecular weight is 431 g/mol. The molecule has 0 radical (unpaired) electrons. The Morgan fingerprint density at radius 3 is 2.56 bits per heavy atom. The molecule has 0 aliphatic heterocycles. The highest BCUT2D eigenvalue weighted by molar-refractivity contribution is 6.03. The van der Waals surface area contributed by atoms with Crippen LogP contribution in [0, 0.1) is 27.7 Å². The lowest BCUT2D eigenvalue weighted by atomic mass is 10.1. The number of aromatic nitrogens is 3. The first-order valence-electron chi connectivity index (χ1n) is 10.4. The number of carbonyl (C=O) groups is 1. The molecule has 1 N–H and O–H groups in total. The van der Waals surface area contributed by atoms with Crippen molar-refractivity contribution in [3.8, 4) is 5.75 Å². The summed E-state index contributed by atoms with van der Waals surface area (Å²) in [5, 5.41) is 11.2. The van der Waals surface area contributed by atoms with Gasteiger partial charge in [-0.15, -0.1) is 0 Å². The van der Waals surface area contributed by atoms with Crippen molar-refractivity contribution in [1.82, 2.24) is 14.9 Å². The molecule has 32 heavy (non-hydrogen) atoms. The predicted octanol–water partition coefficient (Wildman–Crippen LogP) is 4.98. The van der Waals surface area contributed by atoms with E-state index in [9.17, 15) is 4.79 Å². The fourth-order valence-electron chi connectivity index (χ4n) is 3.57. The van der Waals surface area contributed by atoms with Crippen molar-refractivity contribution in [2.24, 2.45) is 0 Å². The van der Waals surface area contributed by atoms with E-state index in [2.05, 4.69) is 40.7 Å². The molecule has 1 amide bonds. The van der Waals surface area contributed by atoms with Crippen LogP contribution in [-0.4, -0.2) is 20.8 Å². The number of hydrogen-bond donors (Lipinski definition) is 1. The Morgan fingerprint density at radius 1 is 1.06 bits per heavy atom. The third-order valence-electron chi connectivity index (χ3n) is 5.25. The van der Waals surface area contributed by atoms with Gasteiger partial charge in [0.15, 0.2) is 11.5 Å². The van der Waals surface area contributed by atoms with Crippen LogP contribution in [0.15, 0.2) is 59.3 Å². The van der Waals surface area contributed by atoms with Gasteiger partial charge in [-0.05, 0) is 62.1 Å². The summed E-state index contributed by atoms with van der Waals surface area (Å²) >= 11 is 0. The van der Waals surface area contributed by atoms with Crippen LogP contribution < -0.4 is 10.1 Å². The van der Waals surface area contributed by atoms with Crippen LogP contribution in [0.4, 0.5) is 5.82 Å². The monoisotopic (exact) mass is 430 g/mol. The molecule has 0 aliphatic rings. The second kappa shape index (κ2) is 9.09. The second-order valence-corrected chi connectivity index (χ2v) is 7.96. The standard InChI is InChI=1S/C25H26N4O3/c1-16-11-17(2)13-21(12-16)31-15-22-19(4)32-28-24(22)25(30)26-23-9-10-29(27-23)14-20-8-6-5-7-18(20)3/h5-13H,14-15H2,1-4H3,(H,26,27,30). The van der Waals surface area contributed by atoms with E-state index in [0.717, 1.165) is 16.9 Å². The van der Waals surface area contributed by atoms with Crippen LogP contribution in [0.3, 0.4) is 0 Å². The number of nitrogens with zero attached hydrogens (tertiary/aromatic N) is 3. The lowest BCUT2D eigenvalue weighted by molar-refractivity contribution is 0.101. The SMILES string of the molecule is Cc1cc(C)cc(OCc2c(C(=O)Nc3ccn(Cc4ccccc4C)n3)noc2C)c1. The normalized spacial score (nSPS) is 10.9. The highest BCUT2D eigenvalue weighted by Crippen LogP contribution is 2.21. The zero-order valence-corrected chi connectivity index (χ0v) is 18.7. The molecule has 0 aliphatic carbocycles. The molecule has 0 bridgehead atoms. The summed E-state index contributed by atoms with van der Waals surface area (Å²) in [6, 6.07) is 15.9. The van der Waals surface area contributed by atoms with Crippen LogP contribution >= 0.6 is 0 Å². The molecular weight excluding hydrogens is 404 g/mol. The van der Waals surface area contributed by atoms with E-state index in [4.69, 9.17) is 9.26 Å². The van der Waals surface area contributed by atoms with Crippen molar-refractivity contribution in [3.63, 3.8) is 0 Å². The summed E-state index contributed by atoms with van der Waals surface area (Å²) in [5.74, 6) is 1.35. The van der Waals surface area contributed by atoms with E-state index in [1.54, 1.807) is 17.7 Å². The third-order valence-corrected chi connectivity index (χ3v) is 5.25. The van der Waals surface area contributed by atoms with Crippen LogP contribution in [0.25, 0.3) is 0 Å². The fraction of sp³-hybridized carbons (Fsp3) is 0.240. The number of nitrogens with one attached hydrogen (secondary N) is 1. The van der Waals surface area contributed by atoms with Gasteiger partial charge >= 0.3 is 0 Å². The Kier molecular flexibility index (Phi) is 6.07. The van der Waals surface area contributed by atoms with Crippen LogP contribution in [0.1, 0.15) is 44.1 Å². The minimum absolute atomic E-state index is 0.183. The van der Waals surface area contributed by atoms with E-state index >= 15 is 0 Å². The minimum atomic E-state index is -0.387. The lowest BCUT2D eigenvalue weighted by Gasteiger charge is -2.08. The Labute approximate surface area is 187 Å². The smallest absolute Gasteiger partial charge is 0.279 e. The van der Waals surface area contributed by atoms with Gasteiger partial charge in [0.2, 0.25) is 0 Å². The van der Waals surface area contributed by atoms with Crippen molar-refractivity contribution in [2.45, 2.75) is 40.8 Å². The maximum absolute atomic E-state index is 12.9. The molecule has 0 saturated carbocycles. The Balaban J connectivity index is 1.44. The fourth-order valence-corrected chi connectivity index (χ4v) is 3.57. The molecule has 2 heterocycles. The molecule has 7 nitrogen and oxygen atoms in total. The van der Waals surface area contributed by atoms with Crippen molar-refractivity contribution < 1.29 is 14.1 Å². The molecule has 2 aromatic heterocycles. The van der Waals surface area contributed by atoms with Gasteiger partial charge in [-0.25, -0.2) is 0 Å². The van der Waals surface area contributed by atoms with Gasteiger partial charge in [0.25, 0.3) is 5.91 Å². The van der Waals surface area contributed by atoms with Gasteiger partial charge in [-0.1, -0.05) is 35.5 Å². The second-order valence-electron chi connectivity index (χ2n) is 7.96. The van der Waals surface area contributed by atoms with Crippen molar-refractivity contribution in [2.75, 3.05) is 5.32 Å². The molecule has 2 aromatic carbocycles. The average Bonchev–Trinajstić information content (AvgIpc) is 3.33. The highest BCUT2D eigenvalue weighted by Gasteiger charge is 2.21. The van der Waals surface area contributed by atoms with Gasteiger partial charge in [0.1, 0.15) is 18.1 Å². The highest BCUT2D eigenvalue weighted by atomic mass is 16.5. The van der Waals surface area contributed by atoms with E-state index in [-0.39, 0.29) is 18.2 Å². The van der Waals surface area contributed by atoms with Gasteiger partial charge in [0.05, 0.1) is 12.1 Å². The Bertz CT molecular complexity index is 1240. The van der Waals surface area contributed by atoms with E-state index in [0.29, 0.717) is 23.7 Å². The topological polar surface area (TPSA) is 82.2 Å². The first-order valence-corrected chi connectivity index (χ1v) is 10.4. The van der Waals surface area contributed by atoms with Gasteiger partial charge in [-0.3, -0.25) is 9.48 Å². The summed E-state index contributed by atoms with van der Waals surface area (Å²) in [7, 11) is 0. The maximum Gasteiger partial charge on any atom is 0.279 e. The number of anilines is 1. The molecule has 0 fully saturated rings. The first-order chi connectivity index (χ1) is 15.4. The number of hydrogen-bond acceptors (Lipinski definition) is 5. The molecule has 0 saturated heterocycles. The molecule has 7 heteroatoms. The zero-order valence-electron chi connectivity index (χ0n) is 18.7. The number of rotatable bonds is 7. The van der Waals surface area contributed by atoms with Crippen LogP contribution in [-0.2, 0) is 13.2 Å². The lowest BCUT2D eigenvalue weighted by Crippen LogP contribution is -2.16. The summed E-state index contributed by atoms with van der Waals surface area (Å²) < 4.78 is 13.0. The minimum Gasteiger partial charge on any atom is -0.489 e. The molecular formula is C25H26N4O3. The molecule has 0 atom stereocenters. The first kappa shape index (κ1) is 21.4. The van der Waals surface area contributed by atoms with E-state index < -0.39 is 0 Å². The Morgan fingerprint density at radius 2 is 1.81 bits per heavy atom. The zero-order chi connectivity index (χ0) is 22.7. The molecule has 0 spiro atoms. The molecule has 0 unspecified atom stereocenters. The largest absolute Gasteiger partial charge is 0.489 e. The van der Waals surface area contributed by atoms with Crippen molar-refractivity contribution >= 4 is 11.7 Å². The van der Waals surface area contributed by atoms with Crippen molar-refractivity contribution in [1.29, 1.82) is 0 Å². The summed E-state index contributed by atoms with van der Waals surface area (Å²) in [4.78, 5) is 12.9. The molecule has 4 rings (SSSR count). The molecule has 164 valence electrons. The van der Waals surface area contributed by atoms with Gasteiger partial charge in [-0.2, -0.15) is 5.10 Å². The quantitative estimate of drug-likeness (QED) is 0.447. The third kappa shape index (κ3) is 4.88. The van der Waals surface area contributed by atoms with Crippen LogP contribution in [0.5, 0.6) is 5.75 Å².